The predicted octanol–water partition coefficient (Wildman–Crippen LogP) is 2.85. The Kier molecular flexibility index (Phi) is 5.04. The van der Waals surface area contributed by atoms with E-state index in [0.29, 0.717) is 13.1 Å². The molecule has 0 bridgehead atoms. The maximum atomic E-state index is 10.3. The van der Waals surface area contributed by atoms with Crippen molar-refractivity contribution in [2.45, 2.75) is 45.8 Å². The van der Waals surface area contributed by atoms with Gasteiger partial charge in [-0.15, -0.1) is 0 Å². The van der Waals surface area contributed by atoms with Gasteiger partial charge in [0, 0.05) is 37.3 Å². The summed E-state index contributed by atoms with van der Waals surface area (Å²) in [6, 6.07) is 8.00. The predicted molar refractivity (Wildman–Crippen MR) is 89.8 cm³/mol. The lowest BCUT2D eigenvalue weighted by Gasteiger charge is -2.18. The highest BCUT2D eigenvalue weighted by Crippen LogP contribution is 2.24. The molecule has 0 saturated carbocycles. The molecule has 0 radical (unpaired) electrons. The zero-order chi connectivity index (χ0) is 16.3. The molecule has 0 saturated heterocycles. The Morgan fingerprint density at radius 1 is 1.32 bits per heavy atom. The van der Waals surface area contributed by atoms with Crippen LogP contribution in [0.2, 0.25) is 0 Å². The van der Waals surface area contributed by atoms with Gasteiger partial charge in [-0.2, -0.15) is 5.10 Å². The van der Waals surface area contributed by atoms with Crippen LogP contribution in [0.4, 0.5) is 0 Å². The Morgan fingerprint density at radius 2 is 2.05 bits per heavy atom. The average molecular weight is 301 g/mol. The second-order valence-electron chi connectivity index (χ2n) is 6.99. The topological polar surface area (TPSA) is 50.1 Å². The third kappa shape index (κ3) is 4.18. The molecule has 0 fully saturated rings. The first-order valence-electron chi connectivity index (χ1n) is 7.75. The number of nitrogens with zero attached hydrogens (tertiary/aromatic N) is 2. The number of aliphatic hydroxyl groups is 1. The SMILES string of the molecule is Cc1cccc(C(O)CNCc2cn(C)nc2C(C)(C)C)c1. The Balaban J connectivity index is 1.97. The molecule has 0 aliphatic heterocycles. The van der Waals surface area contributed by atoms with Crippen LogP contribution >= 0.6 is 0 Å². The smallest absolute Gasteiger partial charge is 0.0914 e. The van der Waals surface area contributed by atoms with E-state index in [9.17, 15) is 5.11 Å². The molecule has 120 valence electrons. The minimum atomic E-state index is -0.491. The zero-order valence-electron chi connectivity index (χ0n) is 14.2. The van der Waals surface area contributed by atoms with Gasteiger partial charge in [-0.05, 0) is 12.5 Å². The normalized spacial score (nSPS) is 13.4. The summed E-state index contributed by atoms with van der Waals surface area (Å²) < 4.78 is 1.86. The maximum Gasteiger partial charge on any atom is 0.0914 e. The summed E-state index contributed by atoms with van der Waals surface area (Å²) in [6.07, 6.45) is 1.56. The van der Waals surface area contributed by atoms with Crippen LogP contribution < -0.4 is 5.32 Å². The van der Waals surface area contributed by atoms with Crippen molar-refractivity contribution in [3.05, 3.63) is 52.8 Å². The van der Waals surface area contributed by atoms with E-state index in [1.807, 2.05) is 49.1 Å². The molecule has 4 nitrogen and oxygen atoms in total. The molecule has 0 amide bonds. The fourth-order valence-electron chi connectivity index (χ4n) is 2.64. The summed E-state index contributed by atoms with van der Waals surface area (Å²) in [5.41, 5.74) is 4.43. The van der Waals surface area contributed by atoms with E-state index in [4.69, 9.17) is 0 Å². The quantitative estimate of drug-likeness (QED) is 0.893. The summed E-state index contributed by atoms with van der Waals surface area (Å²) in [4.78, 5) is 0. The molecule has 1 aromatic carbocycles. The van der Waals surface area contributed by atoms with Gasteiger partial charge < -0.3 is 10.4 Å². The number of aliphatic hydroxyl groups excluding tert-OH is 1. The van der Waals surface area contributed by atoms with Crippen molar-refractivity contribution < 1.29 is 5.11 Å². The number of rotatable bonds is 5. The van der Waals surface area contributed by atoms with E-state index in [0.717, 1.165) is 11.3 Å². The molecule has 0 aliphatic carbocycles. The Morgan fingerprint density at radius 3 is 2.68 bits per heavy atom. The minimum Gasteiger partial charge on any atom is -0.387 e. The molecule has 22 heavy (non-hydrogen) atoms. The monoisotopic (exact) mass is 301 g/mol. The van der Waals surface area contributed by atoms with Crippen molar-refractivity contribution in [1.82, 2.24) is 15.1 Å². The van der Waals surface area contributed by atoms with Gasteiger partial charge in [-0.25, -0.2) is 0 Å². The Bertz CT molecular complexity index is 626. The molecule has 1 unspecified atom stereocenters. The van der Waals surface area contributed by atoms with Gasteiger partial charge in [0.1, 0.15) is 0 Å². The first-order chi connectivity index (χ1) is 10.3. The van der Waals surface area contributed by atoms with Gasteiger partial charge in [0.15, 0.2) is 0 Å². The van der Waals surface area contributed by atoms with E-state index in [1.54, 1.807) is 0 Å². The molecule has 1 aromatic heterocycles. The standard InChI is InChI=1S/C18H27N3O/c1-13-7-6-8-14(9-13)16(22)11-19-10-15-12-21(5)20-17(15)18(2,3)4/h6-9,12,16,19,22H,10-11H2,1-5H3. The minimum absolute atomic E-state index is 0.0213. The van der Waals surface area contributed by atoms with Crippen molar-refractivity contribution in [1.29, 1.82) is 0 Å². The van der Waals surface area contributed by atoms with E-state index in [1.165, 1.54) is 11.1 Å². The fraction of sp³-hybridized carbons (Fsp3) is 0.500. The van der Waals surface area contributed by atoms with Crippen molar-refractivity contribution in [2.24, 2.45) is 7.05 Å². The van der Waals surface area contributed by atoms with Crippen LogP contribution in [0.3, 0.4) is 0 Å². The van der Waals surface area contributed by atoms with Gasteiger partial charge in [-0.3, -0.25) is 4.68 Å². The van der Waals surface area contributed by atoms with Crippen LogP contribution in [-0.2, 0) is 19.0 Å². The highest BCUT2D eigenvalue weighted by atomic mass is 16.3. The second-order valence-corrected chi connectivity index (χ2v) is 6.99. The summed E-state index contributed by atoms with van der Waals surface area (Å²) in [7, 11) is 1.94. The van der Waals surface area contributed by atoms with E-state index in [2.05, 4.69) is 31.2 Å². The molecule has 4 heteroatoms. The zero-order valence-corrected chi connectivity index (χ0v) is 14.2. The molecule has 1 heterocycles. The second kappa shape index (κ2) is 6.63. The third-order valence-electron chi connectivity index (χ3n) is 3.70. The lowest BCUT2D eigenvalue weighted by Crippen LogP contribution is -2.23. The van der Waals surface area contributed by atoms with Crippen LogP contribution in [0.1, 0.15) is 49.3 Å². The van der Waals surface area contributed by atoms with E-state index >= 15 is 0 Å². The van der Waals surface area contributed by atoms with Gasteiger partial charge in [0.05, 0.1) is 11.8 Å². The van der Waals surface area contributed by atoms with Gasteiger partial charge in [0.2, 0.25) is 0 Å². The highest BCUT2D eigenvalue weighted by molar-refractivity contribution is 5.25. The molecule has 2 rings (SSSR count). The number of hydrogen-bond acceptors (Lipinski definition) is 3. The van der Waals surface area contributed by atoms with Crippen LogP contribution in [0.25, 0.3) is 0 Å². The molecular formula is C18H27N3O. The Labute approximate surface area is 133 Å². The van der Waals surface area contributed by atoms with Crippen LogP contribution in [0, 0.1) is 6.92 Å². The molecule has 1 atom stereocenters. The fourth-order valence-corrected chi connectivity index (χ4v) is 2.64. The number of nitrogens with one attached hydrogen (secondary N) is 1. The molecule has 0 aliphatic rings. The van der Waals surface area contributed by atoms with E-state index < -0.39 is 6.10 Å². The molecule has 2 aromatic rings. The molecule has 2 N–H and O–H groups in total. The number of hydrogen-bond donors (Lipinski definition) is 2. The molecule has 0 spiro atoms. The van der Waals surface area contributed by atoms with E-state index in [-0.39, 0.29) is 5.41 Å². The summed E-state index contributed by atoms with van der Waals surface area (Å²) in [5, 5.41) is 18.2. The molecular weight excluding hydrogens is 274 g/mol. The summed E-state index contributed by atoms with van der Waals surface area (Å²) >= 11 is 0. The first-order valence-corrected chi connectivity index (χ1v) is 7.75. The van der Waals surface area contributed by atoms with Crippen molar-refractivity contribution in [2.75, 3.05) is 6.54 Å². The number of aryl methyl sites for hydroxylation is 2. The van der Waals surface area contributed by atoms with Gasteiger partial charge in [0.25, 0.3) is 0 Å². The average Bonchev–Trinajstić information content (AvgIpc) is 2.80. The van der Waals surface area contributed by atoms with Gasteiger partial charge in [-0.1, -0.05) is 50.6 Å². The van der Waals surface area contributed by atoms with Crippen molar-refractivity contribution in [3.8, 4) is 0 Å². The Hall–Kier alpha value is -1.65. The van der Waals surface area contributed by atoms with Crippen molar-refractivity contribution in [3.63, 3.8) is 0 Å². The van der Waals surface area contributed by atoms with Crippen LogP contribution in [-0.4, -0.2) is 21.4 Å². The maximum absolute atomic E-state index is 10.3. The summed E-state index contributed by atoms with van der Waals surface area (Å²) in [5.74, 6) is 0. The third-order valence-corrected chi connectivity index (χ3v) is 3.70. The van der Waals surface area contributed by atoms with Crippen LogP contribution in [0.15, 0.2) is 30.5 Å². The number of aromatic nitrogens is 2. The lowest BCUT2D eigenvalue weighted by atomic mass is 9.89. The lowest BCUT2D eigenvalue weighted by molar-refractivity contribution is 0.174. The first kappa shape index (κ1) is 16.7. The van der Waals surface area contributed by atoms with Crippen LogP contribution in [0.5, 0.6) is 0 Å². The highest BCUT2D eigenvalue weighted by Gasteiger charge is 2.21. The number of benzene rings is 1. The summed E-state index contributed by atoms with van der Waals surface area (Å²) in [6.45, 7) is 9.78. The largest absolute Gasteiger partial charge is 0.387 e. The van der Waals surface area contributed by atoms with Crippen molar-refractivity contribution >= 4 is 0 Å². The van der Waals surface area contributed by atoms with Gasteiger partial charge >= 0.3 is 0 Å².